The molecule has 1 N–H and O–H groups in total. The molecule has 2 aromatic rings. The highest BCUT2D eigenvalue weighted by Crippen LogP contribution is 2.20. The largest absolute Gasteiger partial charge is 0.351 e. The highest BCUT2D eigenvalue weighted by molar-refractivity contribution is 7.92. The van der Waals surface area contributed by atoms with Crippen LogP contribution in [0.5, 0.6) is 0 Å². The van der Waals surface area contributed by atoms with Crippen molar-refractivity contribution in [2.24, 2.45) is 0 Å². The Morgan fingerprint density at radius 1 is 1.20 bits per heavy atom. The SMILES string of the molecule is C[C@@H](C(=O)NCc1ccccc1Cl)S(=O)(=O)c1ccc([N+](=O)[O-])cc1. The van der Waals surface area contributed by atoms with Crippen LogP contribution in [-0.4, -0.2) is 24.5 Å². The summed E-state index contributed by atoms with van der Waals surface area (Å²) in [5, 5.41) is 12.3. The van der Waals surface area contributed by atoms with E-state index in [1.165, 1.54) is 6.92 Å². The number of nitro benzene ring substituents is 1. The van der Waals surface area contributed by atoms with Gasteiger partial charge in [-0.15, -0.1) is 0 Å². The fourth-order valence-electron chi connectivity index (χ4n) is 2.07. The van der Waals surface area contributed by atoms with Gasteiger partial charge in [0.2, 0.25) is 5.91 Å². The number of halogens is 1. The van der Waals surface area contributed by atoms with Crippen molar-refractivity contribution in [1.82, 2.24) is 5.32 Å². The van der Waals surface area contributed by atoms with Crippen LogP contribution in [0.4, 0.5) is 5.69 Å². The molecule has 2 aromatic carbocycles. The van der Waals surface area contributed by atoms with Gasteiger partial charge in [-0.05, 0) is 30.7 Å². The molecule has 0 aliphatic heterocycles. The van der Waals surface area contributed by atoms with Gasteiger partial charge in [-0.2, -0.15) is 0 Å². The molecular formula is C16H15ClN2O5S. The molecule has 0 saturated heterocycles. The van der Waals surface area contributed by atoms with Gasteiger partial charge < -0.3 is 5.32 Å². The highest BCUT2D eigenvalue weighted by Gasteiger charge is 2.30. The fraction of sp³-hybridized carbons (Fsp3) is 0.188. The van der Waals surface area contributed by atoms with E-state index in [9.17, 15) is 23.3 Å². The summed E-state index contributed by atoms with van der Waals surface area (Å²) in [6.07, 6.45) is 0. The highest BCUT2D eigenvalue weighted by atomic mass is 35.5. The molecule has 0 fully saturated rings. The number of benzene rings is 2. The minimum absolute atomic E-state index is 0.0959. The molecule has 7 nitrogen and oxygen atoms in total. The van der Waals surface area contributed by atoms with E-state index in [0.717, 1.165) is 24.3 Å². The molecule has 0 saturated carbocycles. The third kappa shape index (κ3) is 4.34. The number of hydrogen-bond acceptors (Lipinski definition) is 5. The van der Waals surface area contributed by atoms with Gasteiger partial charge in [0.05, 0.1) is 9.82 Å². The van der Waals surface area contributed by atoms with Crippen molar-refractivity contribution in [3.63, 3.8) is 0 Å². The quantitative estimate of drug-likeness (QED) is 0.610. The molecule has 0 unspecified atom stereocenters. The molecular weight excluding hydrogens is 368 g/mol. The molecule has 0 radical (unpaired) electrons. The number of nitro groups is 1. The first-order valence-corrected chi connectivity index (χ1v) is 9.15. The van der Waals surface area contributed by atoms with Crippen molar-refractivity contribution in [2.75, 3.05) is 0 Å². The lowest BCUT2D eigenvalue weighted by Gasteiger charge is -2.14. The maximum Gasteiger partial charge on any atom is 0.269 e. The summed E-state index contributed by atoms with van der Waals surface area (Å²) in [6.45, 7) is 1.36. The van der Waals surface area contributed by atoms with Gasteiger partial charge in [0, 0.05) is 23.7 Å². The average molecular weight is 383 g/mol. The van der Waals surface area contributed by atoms with Crippen LogP contribution >= 0.6 is 11.6 Å². The van der Waals surface area contributed by atoms with Crippen LogP contribution in [0.15, 0.2) is 53.4 Å². The van der Waals surface area contributed by atoms with E-state index in [1.54, 1.807) is 24.3 Å². The van der Waals surface area contributed by atoms with E-state index in [1.807, 2.05) is 0 Å². The Morgan fingerprint density at radius 2 is 1.80 bits per heavy atom. The van der Waals surface area contributed by atoms with E-state index in [4.69, 9.17) is 11.6 Å². The van der Waals surface area contributed by atoms with Crippen LogP contribution in [0.1, 0.15) is 12.5 Å². The summed E-state index contributed by atoms with van der Waals surface area (Å²) in [5.74, 6) is -0.682. The van der Waals surface area contributed by atoms with E-state index >= 15 is 0 Å². The number of sulfone groups is 1. The van der Waals surface area contributed by atoms with Crippen molar-refractivity contribution in [1.29, 1.82) is 0 Å². The summed E-state index contributed by atoms with van der Waals surface area (Å²) in [5.41, 5.74) is 0.437. The average Bonchev–Trinajstić information content (AvgIpc) is 2.60. The van der Waals surface area contributed by atoms with Crippen LogP contribution < -0.4 is 5.32 Å². The number of nitrogens with zero attached hydrogens (tertiary/aromatic N) is 1. The Labute approximate surface area is 149 Å². The smallest absolute Gasteiger partial charge is 0.269 e. The second-order valence-corrected chi connectivity index (χ2v) is 7.92. The van der Waals surface area contributed by atoms with Crippen molar-refractivity contribution in [3.05, 3.63) is 69.2 Å². The third-order valence-electron chi connectivity index (χ3n) is 3.62. The van der Waals surface area contributed by atoms with Crippen LogP contribution in [0.3, 0.4) is 0 Å². The number of nitrogens with one attached hydrogen (secondary N) is 1. The maximum absolute atomic E-state index is 12.5. The van der Waals surface area contributed by atoms with E-state index in [2.05, 4.69) is 5.32 Å². The number of rotatable bonds is 6. The maximum atomic E-state index is 12.5. The summed E-state index contributed by atoms with van der Waals surface area (Å²) in [4.78, 5) is 22.0. The van der Waals surface area contributed by atoms with Gasteiger partial charge in [-0.25, -0.2) is 8.42 Å². The number of carbonyl (C=O) groups is 1. The number of non-ortho nitro benzene ring substituents is 1. The second kappa shape index (κ2) is 7.62. The molecule has 0 aliphatic carbocycles. The van der Waals surface area contributed by atoms with Crippen LogP contribution in [0, 0.1) is 10.1 Å². The molecule has 0 heterocycles. The molecule has 132 valence electrons. The third-order valence-corrected chi connectivity index (χ3v) is 6.06. The monoisotopic (exact) mass is 382 g/mol. The Morgan fingerprint density at radius 3 is 2.36 bits per heavy atom. The van der Waals surface area contributed by atoms with Crippen molar-refractivity contribution < 1.29 is 18.1 Å². The van der Waals surface area contributed by atoms with Crippen molar-refractivity contribution in [3.8, 4) is 0 Å². The van der Waals surface area contributed by atoms with Gasteiger partial charge in [0.25, 0.3) is 5.69 Å². The molecule has 0 aromatic heterocycles. The minimum Gasteiger partial charge on any atom is -0.351 e. The predicted octanol–water partition coefficient (Wildman–Crippen LogP) is 2.73. The van der Waals surface area contributed by atoms with Crippen molar-refractivity contribution in [2.45, 2.75) is 23.6 Å². The van der Waals surface area contributed by atoms with E-state index in [-0.39, 0.29) is 17.1 Å². The summed E-state index contributed by atoms with van der Waals surface area (Å²) in [7, 11) is -3.96. The molecule has 0 spiro atoms. The number of carbonyl (C=O) groups excluding carboxylic acids is 1. The molecule has 25 heavy (non-hydrogen) atoms. The van der Waals surface area contributed by atoms with Gasteiger partial charge in [0.1, 0.15) is 5.25 Å². The lowest BCUT2D eigenvalue weighted by molar-refractivity contribution is -0.384. The predicted molar refractivity (Wildman–Crippen MR) is 93.0 cm³/mol. The molecule has 0 aliphatic rings. The van der Waals surface area contributed by atoms with Gasteiger partial charge in [-0.1, -0.05) is 29.8 Å². The number of hydrogen-bond donors (Lipinski definition) is 1. The van der Waals surface area contributed by atoms with Crippen LogP contribution in [-0.2, 0) is 21.2 Å². The van der Waals surface area contributed by atoms with E-state index < -0.39 is 25.9 Å². The lowest BCUT2D eigenvalue weighted by atomic mass is 10.2. The summed E-state index contributed by atoms with van der Waals surface area (Å²) in [6, 6.07) is 11.3. The molecule has 1 atom stereocenters. The number of amides is 1. The Balaban J connectivity index is 2.11. The second-order valence-electron chi connectivity index (χ2n) is 5.25. The fourth-order valence-corrected chi connectivity index (χ4v) is 3.56. The normalized spacial score (nSPS) is 12.4. The Hall–Kier alpha value is -2.45. The lowest BCUT2D eigenvalue weighted by Crippen LogP contribution is -2.37. The molecule has 0 bridgehead atoms. The zero-order valence-corrected chi connectivity index (χ0v) is 14.8. The molecule has 9 heteroatoms. The minimum atomic E-state index is -3.96. The standard InChI is InChI=1S/C16H15ClN2O5S/c1-11(16(20)18-10-12-4-2-3-5-15(12)17)25(23,24)14-8-6-13(7-9-14)19(21)22/h2-9,11H,10H2,1H3,(H,18,20)/t11-/m0/s1. The van der Waals surface area contributed by atoms with E-state index in [0.29, 0.717) is 10.6 Å². The zero-order valence-electron chi connectivity index (χ0n) is 13.2. The first-order chi connectivity index (χ1) is 11.7. The van der Waals surface area contributed by atoms with Crippen LogP contribution in [0.25, 0.3) is 0 Å². The summed E-state index contributed by atoms with van der Waals surface area (Å²) < 4.78 is 25.0. The first kappa shape index (κ1) is 18.9. The summed E-state index contributed by atoms with van der Waals surface area (Å²) >= 11 is 5.99. The first-order valence-electron chi connectivity index (χ1n) is 7.23. The Bertz CT molecular complexity index is 897. The van der Waals surface area contributed by atoms with Gasteiger partial charge >= 0.3 is 0 Å². The van der Waals surface area contributed by atoms with Gasteiger partial charge in [-0.3, -0.25) is 14.9 Å². The topological polar surface area (TPSA) is 106 Å². The Kier molecular flexibility index (Phi) is 5.76. The zero-order chi connectivity index (χ0) is 18.6. The van der Waals surface area contributed by atoms with Crippen LogP contribution in [0.2, 0.25) is 5.02 Å². The van der Waals surface area contributed by atoms with Gasteiger partial charge in [0.15, 0.2) is 9.84 Å². The molecule has 2 rings (SSSR count). The molecule has 1 amide bonds. The van der Waals surface area contributed by atoms with Crippen molar-refractivity contribution >= 4 is 33.0 Å².